The van der Waals surface area contributed by atoms with E-state index in [0.717, 1.165) is 5.56 Å². The van der Waals surface area contributed by atoms with Crippen molar-refractivity contribution in [2.75, 3.05) is 13.2 Å². The van der Waals surface area contributed by atoms with Gasteiger partial charge in [0.1, 0.15) is 12.7 Å². The molecule has 0 aliphatic carbocycles. The Labute approximate surface area is 83.1 Å². The number of carbonyl (C=O) groups is 1. The molecule has 2 rings (SSSR count). The number of aryl methyl sites for hydroxylation is 1. The van der Waals surface area contributed by atoms with Crippen molar-refractivity contribution in [1.29, 1.82) is 0 Å². The third-order valence-corrected chi connectivity index (χ3v) is 2.31. The SMILES string of the molecule is Cc1cccc([C@@H]2CNC(=O)CO2)c1. The molecule has 1 amide bonds. The van der Waals surface area contributed by atoms with E-state index in [2.05, 4.69) is 11.4 Å². The van der Waals surface area contributed by atoms with E-state index in [9.17, 15) is 4.79 Å². The van der Waals surface area contributed by atoms with Crippen molar-refractivity contribution in [3.63, 3.8) is 0 Å². The van der Waals surface area contributed by atoms with Crippen molar-refractivity contribution in [3.05, 3.63) is 35.4 Å². The molecule has 3 heteroatoms. The van der Waals surface area contributed by atoms with E-state index >= 15 is 0 Å². The van der Waals surface area contributed by atoms with Gasteiger partial charge < -0.3 is 10.1 Å². The molecule has 0 spiro atoms. The standard InChI is InChI=1S/C11H13NO2/c1-8-3-2-4-9(5-8)10-6-12-11(13)7-14-10/h2-5,10H,6-7H2,1H3,(H,12,13)/t10-/m0/s1. The molecule has 0 bridgehead atoms. The summed E-state index contributed by atoms with van der Waals surface area (Å²) in [4.78, 5) is 10.9. The Morgan fingerprint density at radius 2 is 2.36 bits per heavy atom. The summed E-state index contributed by atoms with van der Waals surface area (Å²) in [5.41, 5.74) is 2.34. The summed E-state index contributed by atoms with van der Waals surface area (Å²) in [5, 5.41) is 2.79. The second-order valence-electron chi connectivity index (χ2n) is 3.52. The first-order chi connectivity index (χ1) is 6.75. The van der Waals surface area contributed by atoms with Gasteiger partial charge >= 0.3 is 0 Å². The van der Waals surface area contributed by atoms with Crippen molar-refractivity contribution < 1.29 is 9.53 Å². The maximum Gasteiger partial charge on any atom is 0.246 e. The van der Waals surface area contributed by atoms with Gasteiger partial charge in [-0.2, -0.15) is 0 Å². The summed E-state index contributed by atoms with van der Waals surface area (Å²) in [7, 11) is 0. The van der Waals surface area contributed by atoms with Crippen LogP contribution in [-0.4, -0.2) is 19.1 Å². The van der Waals surface area contributed by atoms with E-state index in [0.29, 0.717) is 6.54 Å². The van der Waals surface area contributed by atoms with Crippen LogP contribution in [0.2, 0.25) is 0 Å². The lowest BCUT2D eigenvalue weighted by molar-refractivity contribution is -0.133. The zero-order chi connectivity index (χ0) is 9.97. The van der Waals surface area contributed by atoms with Gasteiger partial charge in [0.2, 0.25) is 5.91 Å². The smallest absolute Gasteiger partial charge is 0.246 e. The van der Waals surface area contributed by atoms with Crippen molar-refractivity contribution in [1.82, 2.24) is 5.32 Å². The number of nitrogens with one attached hydrogen (secondary N) is 1. The number of rotatable bonds is 1. The quantitative estimate of drug-likeness (QED) is 0.724. The van der Waals surface area contributed by atoms with Crippen LogP contribution >= 0.6 is 0 Å². The van der Waals surface area contributed by atoms with Crippen LogP contribution in [-0.2, 0) is 9.53 Å². The highest BCUT2D eigenvalue weighted by Crippen LogP contribution is 2.19. The average molecular weight is 191 g/mol. The van der Waals surface area contributed by atoms with Crippen LogP contribution in [0.4, 0.5) is 0 Å². The number of benzene rings is 1. The molecule has 3 nitrogen and oxygen atoms in total. The number of hydrogen-bond acceptors (Lipinski definition) is 2. The van der Waals surface area contributed by atoms with E-state index in [1.165, 1.54) is 5.56 Å². The maximum absolute atomic E-state index is 10.9. The van der Waals surface area contributed by atoms with E-state index in [1.807, 2.05) is 25.1 Å². The predicted octanol–water partition coefficient (Wildman–Crippen LogP) is 1.18. The zero-order valence-electron chi connectivity index (χ0n) is 8.12. The Bertz CT molecular complexity index is 339. The molecule has 1 fully saturated rings. The van der Waals surface area contributed by atoms with Crippen molar-refractivity contribution in [2.45, 2.75) is 13.0 Å². The fourth-order valence-corrected chi connectivity index (χ4v) is 1.58. The molecule has 0 aromatic heterocycles. The molecule has 0 saturated carbocycles. The third-order valence-electron chi connectivity index (χ3n) is 2.31. The van der Waals surface area contributed by atoms with E-state index in [1.54, 1.807) is 0 Å². The Hall–Kier alpha value is -1.35. The monoisotopic (exact) mass is 191 g/mol. The molecule has 0 unspecified atom stereocenters. The fourth-order valence-electron chi connectivity index (χ4n) is 1.58. The summed E-state index contributed by atoms with van der Waals surface area (Å²) in [6.07, 6.45) is 0.00704. The van der Waals surface area contributed by atoms with Crippen molar-refractivity contribution in [2.24, 2.45) is 0 Å². The average Bonchev–Trinajstić information content (AvgIpc) is 2.19. The van der Waals surface area contributed by atoms with Crippen LogP contribution in [0.1, 0.15) is 17.2 Å². The lowest BCUT2D eigenvalue weighted by Crippen LogP contribution is -2.38. The second kappa shape index (κ2) is 3.80. The van der Waals surface area contributed by atoms with Crippen LogP contribution in [0.5, 0.6) is 0 Å². The highest BCUT2D eigenvalue weighted by Gasteiger charge is 2.19. The van der Waals surface area contributed by atoms with Gasteiger partial charge in [-0.25, -0.2) is 0 Å². The van der Waals surface area contributed by atoms with Gasteiger partial charge in [0.25, 0.3) is 0 Å². The highest BCUT2D eigenvalue weighted by atomic mass is 16.5. The van der Waals surface area contributed by atoms with Gasteiger partial charge in [-0.15, -0.1) is 0 Å². The molecular weight excluding hydrogens is 178 g/mol. The van der Waals surface area contributed by atoms with Crippen molar-refractivity contribution >= 4 is 5.91 Å². The van der Waals surface area contributed by atoms with E-state index in [-0.39, 0.29) is 18.6 Å². The number of morpholine rings is 1. The molecule has 1 aromatic carbocycles. The number of hydrogen-bond donors (Lipinski definition) is 1. The minimum Gasteiger partial charge on any atom is -0.362 e. The summed E-state index contributed by atoms with van der Waals surface area (Å²) >= 11 is 0. The Morgan fingerprint density at radius 1 is 1.50 bits per heavy atom. The second-order valence-corrected chi connectivity index (χ2v) is 3.52. The van der Waals surface area contributed by atoms with Gasteiger partial charge in [-0.1, -0.05) is 29.8 Å². The molecule has 1 heterocycles. The summed E-state index contributed by atoms with van der Waals surface area (Å²) in [6.45, 7) is 2.78. The number of amides is 1. The lowest BCUT2D eigenvalue weighted by Gasteiger charge is -2.23. The first-order valence-corrected chi connectivity index (χ1v) is 4.70. The largest absolute Gasteiger partial charge is 0.362 e. The molecule has 0 radical (unpaired) electrons. The number of ether oxygens (including phenoxy) is 1. The Kier molecular flexibility index (Phi) is 2.50. The van der Waals surface area contributed by atoms with Gasteiger partial charge in [-0.05, 0) is 12.5 Å². The first kappa shape index (κ1) is 9.21. The van der Waals surface area contributed by atoms with Crippen LogP contribution in [0, 0.1) is 6.92 Å². The molecule has 1 aliphatic heterocycles. The highest BCUT2D eigenvalue weighted by molar-refractivity contribution is 5.77. The van der Waals surface area contributed by atoms with Crippen LogP contribution in [0.3, 0.4) is 0 Å². The molecule has 1 atom stereocenters. The molecule has 74 valence electrons. The summed E-state index contributed by atoms with van der Waals surface area (Å²) in [5.74, 6) is -0.0334. The first-order valence-electron chi connectivity index (χ1n) is 4.70. The molecular formula is C11H13NO2. The molecule has 1 aliphatic rings. The van der Waals surface area contributed by atoms with Gasteiger partial charge in [-0.3, -0.25) is 4.79 Å². The lowest BCUT2D eigenvalue weighted by atomic mass is 10.1. The van der Waals surface area contributed by atoms with Gasteiger partial charge in [0.05, 0.1) is 0 Å². The van der Waals surface area contributed by atoms with E-state index in [4.69, 9.17) is 4.74 Å². The molecule has 14 heavy (non-hydrogen) atoms. The van der Waals surface area contributed by atoms with Crippen LogP contribution < -0.4 is 5.32 Å². The minimum absolute atomic E-state index is 0.00704. The minimum atomic E-state index is -0.0334. The zero-order valence-corrected chi connectivity index (χ0v) is 8.12. The topological polar surface area (TPSA) is 38.3 Å². The van der Waals surface area contributed by atoms with Gasteiger partial charge in [0.15, 0.2) is 0 Å². The van der Waals surface area contributed by atoms with Gasteiger partial charge in [0, 0.05) is 6.54 Å². The summed E-state index contributed by atoms with van der Waals surface area (Å²) in [6, 6.07) is 8.16. The Morgan fingerprint density at radius 3 is 3.00 bits per heavy atom. The molecule has 1 saturated heterocycles. The Balaban J connectivity index is 2.12. The number of carbonyl (C=O) groups excluding carboxylic acids is 1. The maximum atomic E-state index is 10.9. The third kappa shape index (κ3) is 1.93. The van der Waals surface area contributed by atoms with Crippen LogP contribution in [0.25, 0.3) is 0 Å². The van der Waals surface area contributed by atoms with E-state index < -0.39 is 0 Å². The fraction of sp³-hybridized carbons (Fsp3) is 0.364. The normalized spacial score (nSPS) is 21.8. The predicted molar refractivity (Wildman–Crippen MR) is 52.9 cm³/mol. The van der Waals surface area contributed by atoms with Crippen molar-refractivity contribution in [3.8, 4) is 0 Å². The molecule has 1 aromatic rings. The molecule has 1 N–H and O–H groups in total. The van der Waals surface area contributed by atoms with Crippen LogP contribution in [0.15, 0.2) is 24.3 Å². The summed E-state index contributed by atoms with van der Waals surface area (Å²) < 4.78 is 5.42.